The van der Waals surface area contributed by atoms with Gasteiger partial charge in [0.2, 0.25) is 5.88 Å². The van der Waals surface area contributed by atoms with Crippen LogP contribution in [0.2, 0.25) is 0 Å². The maximum Gasteiger partial charge on any atom is 0.213 e. The molecule has 0 saturated carbocycles. The molecule has 0 spiro atoms. The van der Waals surface area contributed by atoms with Gasteiger partial charge in [-0.2, -0.15) is 0 Å². The summed E-state index contributed by atoms with van der Waals surface area (Å²) < 4.78 is 18.4. The topological polar surface area (TPSA) is 52.6 Å². The van der Waals surface area contributed by atoms with Crippen LogP contribution in [-0.4, -0.2) is 24.7 Å². The third-order valence-electron chi connectivity index (χ3n) is 4.41. The predicted molar refractivity (Wildman–Crippen MR) is 122 cm³/mol. The van der Waals surface area contributed by atoms with Gasteiger partial charge in [0, 0.05) is 29.8 Å². The van der Waals surface area contributed by atoms with Crippen molar-refractivity contribution in [2.24, 2.45) is 0 Å². The lowest BCUT2D eigenvalue weighted by Crippen LogP contribution is -2.21. The average molecular weight is 471 g/mol. The van der Waals surface area contributed by atoms with Gasteiger partial charge >= 0.3 is 0 Å². The number of hydrogen-bond acceptors (Lipinski definition) is 5. The number of hydrogen-bond donors (Lipinski definition) is 1. The number of pyridine rings is 1. The molecule has 0 saturated heterocycles. The Kier molecular flexibility index (Phi) is 8.53. The summed E-state index contributed by atoms with van der Waals surface area (Å²) in [7, 11) is 0. The van der Waals surface area contributed by atoms with E-state index in [4.69, 9.17) is 14.2 Å². The zero-order valence-corrected chi connectivity index (χ0v) is 18.9. The first-order valence-corrected chi connectivity index (χ1v) is 10.8. The first kappa shape index (κ1) is 22.1. The van der Waals surface area contributed by atoms with E-state index < -0.39 is 0 Å². The molecule has 2 aromatic carbocycles. The van der Waals surface area contributed by atoms with E-state index in [-0.39, 0.29) is 0 Å². The Morgan fingerprint density at radius 1 is 0.967 bits per heavy atom. The molecule has 0 atom stereocenters. The predicted octanol–water partition coefficient (Wildman–Crippen LogP) is 5.30. The van der Waals surface area contributed by atoms with E-state index in [1.54, 1.807) is 6.20 Å². The fourth-order valence-electron chi connectivity index (χ4n) is 2.82. The monoisotopic (exact) mass is 470 g/mol. The number of nitrogens with one attached hydrogen (secondary N) is 1. The standard InChI is InChI=1S/C24H27BrN2O3/c1-3-28-22-14-20(16-26-12-13-29-24-6-4-5-11-27-24)21(25)15-23(22)30-17-19-9-7-18(2)8-10-19/h4-11,14-15,26H,3,12-13,16-17H2,1-2H3. The van der Waals surface area contributed by atoms with Gasteiger partial charge in [-0.3, -0.25) is 0 Å². The molecule has 1 heterocycles. The molecule has 0 radical (unpaired) electrons. The number of benzene rings is 2. The Hall–Kier alpha value is -2.57. The molecule has 3 aromatic rings. The van der Waals surface area contributed by atoms with Gasteiger partial charge in [-0.05, 0) is 43.2 Å². The Morgan fingerprint density at radius 3 is 2.50 bits per heavy atom. The quantitative estimate of drug-likeness (QED) is 0.385. The van der Waals surface area contributed by atoms with Crippen molar-refractivity contribution >= 4 is 15.9 Å². The molecule has 30 heavy (non-hydrogen) atoms. The van der Waals surface area contributed by atoms with Crippen molar-refractivity contribution < 1.29 is 14.2 Å². The summed E-state index contributed by atoms with van der Waals surface area (Å²) in [5.74, 6) is 2.11. The molecule has 0 amide bonds. The maximum absolute atomic E-state index is 6.04. The van der Waals surface area contributed by atoms with Gasteiger partial charge in [0.1, 0.15) is 13.2 Å². The van der Waals surface area contributed by atoms with E-state index in [2.05, 4.69) is 57.4 Å². The summed E-state index contributed by atoms with van der Waals surface area (Å²) in [6.45, 7) is 7.06. The van der Waals surface area contributed by atoms with Crippen molar-refractivity contribution in [2.75, 3.05) is 19.8 Å². The van der Waals surface area contributed by atoms with Crippen molar-refractivity contribution in [3.05, 3.63) is 82.0 Å². The van der Waals surface area contributed by atoms with Crippen LogP contribution in [0.4, 0.5) is 0 Å². The molecular formula is C24H27BrN2O3. The Morgan fingerprint density at radius 2 is 1.77 bits per heavy atom. The number of nitrogens with zero attached hydrogens (tertiary/aromatic N) is 1. The van der Waals surface area contributed by atoms with Gasteiger partial charge in [-0.15, -0.1) is 0 Å². The molecular weight excluding hydrogens is 444 g/mol. The summed E-state index contributed by atoms with van der Waals surface area (Å²) in [6, 6.07) is 17.9. The van der Waals surface area contributed by atoms with E-state index in [9.17, 15) is 0 Å². The summed E-state index contributed by atoms with van der Waals surface area (Å²) in [6.07, 6.45) is 1.72. The molecule has 0 aliphatic rings. The Bertz CT molecular complexity index is 918. The largest absolute Gasteiger partial charge is 0.490 e. The second-order valence-electron chi connectivity index (χ2n) is 6.79. The molecule has 0 fully saturated rings. The minimum Gasteiger partial charge on any atom is -0.490 e. The molecule has 1 aromatic heterocycles. The highest BCUT2D eigenvalue weighted by molar-refractivity contribution is 9.10. The minimum absolute atomic E-state index is 0.495. The highest BCUT2D eigenvalue weighted by Gasteiger charge is 2.11. The summed E-state index contributed by atoms with van der Waals surface area (Å²) in [5.41, 5.74) is 3.45. The molecule has 0 aliphatic heterocycles. The highest BCUT2D eigenvalue weighted by Crippen LogP contribution is 2.34. The second kappa shape index (κ2) is 11.6. The number of aromatic nitrogens is 1. The minimum atomic E-state index is 0.495. The van der Waals surface area contributed by atoms with Gasteiger partial charge in [0.15, 0.2) is 11.5 Å². The SMILES string of the molecule is CCOc1cc(CNCCOc2ccccn2)c(Br)cc1OCc1ccc(C)cc1. The summed E-state index contributed by atoms with van der Waals surface area (Å²) in [5, 5.41) is 3.39. The van der Waals surface area contributed by atoms with Crippen LogP contribution in [-0.2, 0) is 13.2 Å². The van der Waals surface area contributed by atoms with Crippen molar-refractivity contribution in [3.8, 4) is 17.4 Å². The smallest absolute Gasteiger partial charge is 0.213 e. The molecule has 3 rings (SSSR count). The zero-order valence-electron chi connectivity index (χ0n) is 17.4. The van der Waals surface area contributed by atoms with Crippen LogP contribution >= 0.6 is 15.9 Å². The summed E-state index contributed by atoms with van der Waals surface area (Å²) in [4.78, 5) is 4.15. The van der Waals surface area contributed by atoms with E-state index >= 15 is 0 Å². The van der Waals surface area contributed by atoms with Crippen LogP contribution < -0.4 is 19.5 Å². The first-order valence-electron chi connectivity index (χ1n) is 10.0. The molecule has 0 aliphatic carbocycles. The Balaban J connectivity index is 1.55. The van der Waals surface area contributed by atoms with Crippen LogP contribution in [0.25, 0.3) is 0 Å². The number of aryl methyl sites for hydroxylation is 1. The van der Waals surface area contributed by atoms with Gasteiger partial charge in [-0.1, -0.05) is 51.8 Å². The normalized spacial score (nSPS) is 10.6. The third-order valence-corrected chi connectivity index (χ3v) is 5.15. The molecule has 5 nitrogen and oxygen atoms in total. The summed E-state index contributed by atoms with van der Waals surface area (Å²) >= 11 is 3.66. The molecule has 158 valence electrons. The zero-order chi connectivity index (χ0) is 21.2. The lowest BCUT2D eigenvalue weighted by molar-refractivity contribution is 0.268. The molecule has 6 heteroatoms. The van der Waals surface area contributed by atoms with Gasteiger partial charge < -0.3 is 19.5 Å². The van der Waals surface area contributed by atoms with E-state index in [1.165, 1.54) is 5.56 Å². The van der Waals surface area contributed by atoms with Crippen LogP contribution in [0.1, 0.15) is 23.6 Å². The fraction of sp³-hybridized carbons (Fsp3) is 0.292. The number of rotatable bonds is 11. The number of ether oxygens (including phenoxy) is 3. The molecule has 1 N–H and O–H groups in total. The molecule has 0 bridgehead atoms. The first-order chi connectivity index (χ1) is 14.7. The van der Waals surface area contributed by atoms with E-state index in [0.29, 0.717) is 38.8 Å². The van der Waals surface area contributed by atoms with Crippen LogP contribution in [0.5, 0.6) is 17.4 Å². The second-order valence-corrected chi connectivity index (χ2v) is 7.65. The van der Waals surface area contributed by atoms with Crippen molar-refractivity contribution in [1.29, 1.82) is 0 Å². The lowest BCUT2D eigenvalue weighted by Gasteiger charge is -2.16. The Labute approximate surface area is 186 Å². The highest BCUT2D eigenvalue weighted by atomic mass is 79.9. The van der Waals surface area contributed by atoms with E-state index in [0.717, 1.165) is 27.1 Å². The van der Waals surface area contributed by atoms with Crippen LogP contribution in [0.15, 0.2) is 65.3 Å². The van der Waals surface area contributed by atoms with Crippen LogP contribution in [0, 0.1) is 6.92 Å². The van der Waals surface area contributed by atoms with Crippen molar-refractivity contribution in [2.45, 2.75) is 27.0 Å². The lowest BCUT2D eigenvalue weighted by atomic mass is 10.1. The molecule has 0 unspecified atom stereocenters. The van der Waals surface area contributed by atoms with Gasteiger partial charge in [-0.25, -0.2) is 4.98 Å². The fourth-order valence-corrected chi connectivity index (χ4v) is 3.29. The van der Waals surface area contributed by atoms with Gasteiger partial charge in [0.25, 0.3) is 0 Å². The van der Waals surface area contributed by atoms with Gasteiger partial charge in [0.05, 0.1) is 6.61 Å². The third kappa shape index (κ3) is 6.75. The van der Waals surface area contributed by atoms with Crippen molar-refractivity contribution in [3.63, 3.8) is 0 Å². The number of halogens is 1. The van der Waals surface area contributed by atoms with E-state index in [1.807, 2.05) is 37.3 Å². The van der Waals surface area contributed by atoms with Crippen molar-refractivity contribution in [1.82, 2.24) is 10.3 Å². The average Bonchev–Trinajstić information content (AvgIpc) is 2.76. The maximum atomic E-state index is 6.04. The van der Waals surface area contributed by atoms with Crippen LogP contribution in [0.3, 0.4) is 0 Å².